The van der Waals surface area contributed by atoms with Gasteiger partial charge in [0.25, 0.3) is 0 Å². The van der Waals surface area contributed by atoms with Crippen LogP contribution in [-0.2, 0) is 61.8 Å². The highest BCUT2D eigenvalue weighted by molar-refractivity contribution is 5.80. The van der Waals surface area contributed by atoms with Crippen LogP contribution in [0.1, 0.15) is 39.0 Å². The summed E-state index contributed by atoms with van der Waals surface area (Å²) in [7, 11) is 0. The minimum atomic E-state index is -0.984. The van der Waals surface area contributed by atoms with E-state index in [1.807, 2.05) is 6.92 Å². The highest BCUT2D eigenvalue weighted by Crippen LogP contribution is 1.92. The number of carbonyl (C=O) groups excluding carboxylic acids is 2. The fourth-order valence-corrected chi connectivity index (χ4v) is 3.06. The molecule has 0 aliphatic rings. The van der Waals surface area contributed by atoms with Gasteiger partial charge in [-0.15, -0.1) is 0 Å². The molecule has 15 heteroatoms. The van der Waals surface area contributed by atoms with Gasteiger partial charge in [0.15, 0.2) is 0 Å². The second kappa shape index (κ2) is 35.5. The molecule has 0 aromatic rings. The normalized spacial score (nSPS) is 11.1. The monoisotopic (exact) mass is 641 g/mol. The summed E-state index contributed by atoms with van der Waals surface area (Å²) in [6.45, 7) is 11.0. The molecular formula is C29H55NO14. The predicted molar refractivity (Wildman–Crippen MR) is 158 cm³/mol. The number of ether oxygens (including phenoxy) is 10. The molecule has 0 fully saturated rings. The summed E-state index contributed by atoms with van der Waals surface area (Å²) in [6, 6.07) is 0. The van der Waals surface area contributed by atoms with Gasteiger partial charge in [0, 0.05) is 26.0 Å². The van der Waals surface area contributed by atoms with Crippen LogP contribution in [0.2, 0.25) is 0 Å². The lowest BCUT2D eigenvalue weighted by Crippen LogP contribution is -2.25. The van der Waals surface area contributed by atoms with E-state index in [2.05, 4.69) is 5.32 Å². The van der Waals surface area contributed by atoms with Crippen molar-refractivity contribution in [2.24, 2.45) is 0 Å². The average Bonchev–Trinajstić information content (AvgIpc) is 3.00. The van der Waals surface area contributed by atoms with Gasteiger partial charge in [-0.25, -0.2) is 0 Å². The molecule has 0 rings (SSSR count). The van der Waals surface area contributed by atoms with Crippen molar-refractivity contribution in [3.63, 3.8) is 0 Å². The first kappa shape index (κ1) is 42.0. The number of carboxylic acid groups (broad SMARTS) is 1. The molecule has 0 aliphatic heterocycles. The number of esters is 1. The van der Waals surface area contributed by atoms with Gasteiger partial charge < -0.3 is 57.8 Å². The number of rotatable bonds is 36. The van der Waals surface area contributed by atoms with E-state index in [0.29, 0.717) is 138 Å². The highest BCUT2D eigenvalue weighted by Gasteiger charge is 2.04. The van der Waals surface area contributed by atoms with E-state index in [0.717, 1.165) is 6.42 Å². The molecule has 2 N–H and O–H groups in total. The van der Waals surface area contributed by atoms with Crippen molar-refractivity contribution >= 4 is 17.8 Å². The summed E-state index contributed by atoms with van der Waals surface area (Å²) < 4.78 is 53.7. The van der Waals surface area contributed by atoms with Gasteiger partial charge in [-0.05, 0) is 12.8 Å². The van der Waals surface area contributed by atoms with E-state index >= 15 is 0 Å². The molecule has 0 saturated carbocycles. The summed E-state index contributed by atoms with van der Waals surface area (Å²) >= 11 is 0. The number of aliphatic carboxylic acids is 1. The average molecular weight is 642 g/mol. The smallest absolute Gasteiger partial charge is 0.305 e. The van der Waals surface area contributed by atoms with Crippen LogP contribution >= 0.6 is 0 Å². The van der Waals surface area contributed by atoms with Crippen LogP contribution in [0.5, 0.6) is 0 Å². The molecule has 15 nitrogen and oxygen atoms in total. The van der Waals surface area contributed by atoms with Gasteiger partial charge in [-0.3, -0.25) is 14.4 Å². The standard InChI is InChI=1S/C29H55NO14/c1-2-4-29(34)44-26-25-43-24-23-42-22-21-41-20-19-40-18-17-39-16-15-38-14-13-37-12-11-36-10-9-35-8-3-7-30-27(31)5-6-28(32)33/h2-26H2,1H3,(H,30,31)(H,32,33). The molecule has 0 aromatic heterocycles. The quantitative estimate of drug-likeness (QED) is 0.0727. The summed E-state index contributed by atoms with van der Waals surface area (Å²) in [5, 5.41) is 11.2. The molecule has 0 atom stereocenters. The van der Waals surface area contributed by atoms with Crippen molar-refractivity contribution in [3.05, 3.63) is 0 Å². The Morgan fingerprint density at radius 3 is 1.16 bits per heavy atom. The minimum absolute atomic E-state index is 0.0118. The maximum absolute atomic E-state index is 11.3. The molecule has 0 heterocycles. The molecule has 0 unspecified atom stereocenters. The first-order valence-electron chi connectivity index (χ1n) is 15.4. The van der Waals surface area contributed by atoms with E-state index in [9.17, 15) is 14.4 Å². The Hall–Kier alpha value is -1.95. The maximum Gasteiger partial charge on any atom is 0.305 e. The fraction of sp³-hybridized carbons (Fsp3) is 0.897. The zero-order valence-corrected chi connectivity index (χ0v) is 26.4. The highest BCUT2D eigenvalue weighted by atomic mass is 16.6. The third-order valence-electron chi connectivity index (χ3n) is 5.27. The number of amides is 1. The third kappa shape index (κ3) is 36.2. The number of hydrogen-bond acceptors (Lipinski definition) is 13. The summed E-state index contributed by atoms with van der Waals surface area (Å²) in [4.78, 5) is 32.9. The van der Waals surface area contributed by atoms with Crippen molar-refractivity contribution in [3.8, 4) is 0 Å². The van der Waals surface area contributed by atoms with E-state index in [-0.39, 0.29) is 31.3 Å². The molecule has 260 valence electrons. The van der Waals surface area contributed by atoms with Crippen molar-refractivity contribution in [1.29, 1.82) is 0 Å². The molecule has 0 radical (unpaired) electrons. The number of hydrogen-bond donors (Lipinski definition) is 2. The Balaban J connectivity index is 3.10. The zero-order chi connectivity index (χ0) is 32.2. The number of nitrogens with one attached hydrogen (secondary N) is 1. The zero-order valence-electron chi connectivity index (χ0n) is 26.4. The Bertz CT molecular complexity index is 656. The van der Waals surface area contributed by atoms with Crippen LogP contribution in [-0.4, -0.2) is 155 Å². The maximum atomic E-state index is 11.3. The van der Waals surface area contributed by atoms with Gasteiger partial charge in [-0.1, -0.05) is 6.92 Å². The molecule has 0 bridgehead atoms. The first-order chi connectivity index (χ1) is 21.6. The van der Waals surface area contributed by atoms with Gasteiger partial charge >= 0.3 is 11.9 Å². The van der Waals surface area contributed by atoms with Gasteiger partial charge in [0.05, 0.1) is 119 Å². The van der Waals surface area contributed by atoms with Gasteiger partial charge in [-0.2, -0.15) is 0 Å². The minimum Gasteiger partial charge on any atom is -0.481 e. The lowest BCUT2D eigenvalue weighted by atomic mass is 10.3. The second-order valence-corrected chi connectivity index (χ2v) is 9.08. The van der Waals surface area contributed by atoms with Crippen LogP contribution in [0.15, 0.2) is 0 Å². The molecule has 0 aliphatic carbocycles. The van der Waals surface area contributed by atoms with Crippen molar-refractivity contribution in [1.82, 2.24) is 5.32 Å². The molecule has 44 heavy (non-hydrogen) atoms. The number of carbonyl (C=O) groups is 3. The molecular weight excluding hydrogens is 586 g/mol. The predicted octanol–water partition coefficient (Wildman–Crippen LogP) is 0.850. The summed E-state index contributed by atoms with van der Waals surface area (Å²) in [5.41, 5.74) is 0. The van der Waals surface area contributed by atoms with Crippen LogP contribution in [0.3, 0.4) is 0 Å². The number of carboxylic acids is 1. The van der Waals surface area contributed by atoms with E-state index < -0.39 is 5.97 Å². The largest absolute Gasteiger partial charge is 0.481 e. The first-order valence-corrected chi connectivity index (χ1v) is 15.4. The van der Waals surface area contributed by atoms with E-state index in [1.54, 1.807) is 0 Å². The van der Waals surface area contributed by atoms with Gasteiger partial charge in [0.2, 0.25) is 5.91 Å². The Kier molecular flexibility index (Phi) is 34.0. The van der Waals surface area contributed by atoms with Crippen LogP contribution < -0.4 is 5.32 Å². The molecule has 0 spiro atoms. The molecule has 0 saturated heterocycles. The Morgan fingerprint density at radius 1 is 0.477 bits per heavy atom. The van der Waals surface area contributed by atoms with E-state index in [4.69, 9.17) is 52.5 Å². The Labute approximate surface area is 261 Å². The summed E-state index contributed by atoms with van der Waals surface area (Å²) in [6.07, 6.45) is 1.69. The second-order valence-electron chi connectivity index (χ2n) is 9.08. The fourth-order valence-electron chi connectivity index (χ4n) is 3.06. The van der Waals surface area contributed by atoms with Crippen molar-refractivity contribution in [2.45, 2.75) is 39.0 Å². The molecule has 1 amide bonds. The third-order valence-corrected chi connectivity index (χ3v) is 5.27. The van der Waals surface area contributed by atoms with Gasteiger partial charge in [0.1, 0.15) is 6.61 Å². The lowest BCUT2D eigenvalue weighted by molar-refractivity contribution is -0.145. The SMILES string of the molecule is CCCC(=O)OCCOCCOCCOCCOCCOCCOCCOCCOCCOCCCNC(=O)CCC(=O)O. The summed E-state index contributed by atoms with van der Waals surface area (Å²) in [5.74, 6) is -1.45. The van der Waals surface area contributed by atoms with Crippen molar-refractivity contribution < 1.29 is 66.9 Å². The molecule has 0 aromatic carbocycles. The van der Waals surface area contributed by atoms with Crippen LogP contribution in [0.4, 0.5) is 0 Å². The topological polar surface area (TPSA) is 176 Å². The van der Waals surface area contributed by atoms with Crippen molar-refractivity contribution in [2.75, 3.05) is 132 Å². The van der Waals surface area contributed by atoms with Crippen LogP contribution in [0, 0.1) is 0 Å². The lowest BCUT2D eigenvalue weighted by Gasteiger charge is -2.09. The Morgan fingerprint density at radius 2 is 0.818 bits per heavy atom. The van der Waals surface area contributed by atoms with E-state index in [1.165, 1.54) is 0 Å². The van der Waals surface area contributed by atoms with Crippen LogP contribution in [0.25, 0.3) is 0 Å².